The first-order valence-electron chi connectivity index (χ1n) is 26.6. The third-order valence-corrected chi connectivity index (χ3v) is 22.4. The van der Waals surface area contributed by atoms with Crippen molar-refractivity contribution in [1.29, 1.82) is 0 Å². The first-order chi connectivity index (χ1) is 38.0. The molecule has 6 heterocycles. The number of rotatable bonds is 0. The molecule has 0 nitrogen and oxygen atoms in total. The molecule has 0 N–H and O–H groups in total. The molecular formula is C72H48S6. The Morgan fingerprint density at radius 1 is 0.167 bits per heavy atom. The van der Waals surface area contributed by atoms with Gasteiger partial charge in [-0.05, 0) is 222 Å². The van der Waals surface area contributed by atoms with Crippen LogP contribution < -0.4 is 0 Å². The second-order valence-corrected chi connectivity index (χ2v) is 29.0. The molecule has 0 fully saturated rings. The molecule has 372 valence electrons. The zero-order chi connectivity index (χ0) is 52.2. The van der Waals surface area contributed by atoms with Gasteiger partial charge in [0.15, 0.2) is 0 Å². The van der Waals surface area contributed by atoms with Gasteiger partial charge in [-0.15, -0.1) is 68.0 Å². The first-order valence-corrected chi connectivity index (χ1v) is 31.5. The maximum atomic E-state index is 2.38. The highest BCUT2D eigenvalue weighted by Crippen LogP contribution is 2.44. The normalized spacial score (nSPS) is 12.2. The Labute approximate surface area is 474 Å². The zero-order valence-corrected chi connectivity index (χ0v) is 48.7. The highest BCUT2D eigenvalue weighted by molar-refractivity contribution is 7.21. The second-order valence-electron chi connectivity index (χ2n) is 21.3. The summed E-state index contributed by atoms with van der Waals surface area (Å²) in [5, 5.41) is 32.6. The molecule has 0 atom stereocenters. The van der Waals surface area contributed by atoms with Gasteiger partial charge in [0.1, 0.15) is 0 Å². The summed E-state index contributed by atoms with van der Waals surface area (Å²) in [6.45, 7) is 13.2. The molecule has 0 aliphatic heterocycles. The van der Waals surface area contributed by atoms with Crippen LogP contribution in [0.1, 0.15) is 29.3 Å². The van der Waals surface area contributed by atoms with Crippen molar-refractivity contribution in [3.8, 4) is 0 Å². The number of hydrogen-bond acceptors (Lipinski definition) is 6. The minimum absolute atomic E-state index is 1.33. The molecule has 0 saturated carbocycles. The molecule has 0 unspecified atom stereocenters. The van der Waals surface area contributed by atoms with E-state index in [1.165, 1.54) is 187 Å². The lowest BCUT2D eigenvalue weighted by molar-refractivity contribution is 1.66. The summed E-state index contributed by atoms with van der Waals surface area (Å²) in [6, 6.07) is 69.3. The fraction of sp³-hybridized carbons (Fsp3) is 0.0833. The van der Waals surface area contributed by atoms with Gasteiger partial charge in [0.25, 0.3) is 0 Å². The lowest BCUT2D eigenvalue weighted by Gasteiger charge is -2.09. The molecule has 6 aromatic heterocycles. The molecule has 12 aromatic carbocycles. The number of benzene rings is 12. The minimum Gasteiger partial charge on any atom is -0.141 e. The van der Waals surface area contributed by atoms with Gasteiger partial charge in [-0.2, -0.15) is 0 Å². The van der Waals surface area contributed by atoms with E-state index in [1.807, 2.05) is 68.0 Å². The van der Waals surface area contributed by atoms with Gasteiger partial charge < -0.3 is 0 Å². The molecular weight excluding hydrogens is 1060 g/mol. The minimum atomic E-state index is 1.33. The van der Waals surface area contributed by atoms with E-state index < -0.39 is 0 Å². The van der Waals surface area contributed by atoms with E-state index >= 15 is 0 Å². The lowest BCUT2D eigenvalue weighted by atomic mass is 9.95. The Morgan fingerprint density at radius 2 is 0.423 bits per heavy atom. The van der Waals surface area contributed by atoms with E-state index in [0.29, 0.717) is 0 Å². The predicted molar refractivity (Wildman–Crippen MR) is 358 cm³/mol. The van der Waals surface area contributed by atoms with Crippen LogP contribution >= 0.6 is 68.0 Å². The van der Waals surface area contributed by atoms with E-state index in [0.717, 1.165) is 0 Å². The Kier molecular flexibility index (Phi) is 10.6. The maximum Gasteiger partial charge on any atom is 0.0424 e. The van der Waals surface area contributed by atoms with Crippen molar-refractivity contribution >= 4 is 225 Å². The van der Waals surface area contributed by atoms with Crippen LogP contribution in [0.4, 0.5) is 0 Å². The van der Waals surface area contributed by atoms with Crippen molar-refractivity contribution in [2.24, 2.45) is 0 Å². The summed E-state index contributed by atoms with van der Waals surface area (Å²) in [7, 11) is 0. The number of hydrogen-bond donors (Lipinski definition) is 0. The summed E-state index contributed by atoms with van der Waals surface area (Å²) in [6.07, 6.45) is 0. The summed E-state index contributed by atoms with van der Waals surface area (Å²) < 4.78 is 8.34. The van der Waals surface area contributed by atoms with Crippen LogP contribution in [-0.2, 0) is 0 Å². The summed E-state index contributed by atoms with van der Waals surface area (Å²) in [5.74, 6) is 0. The summed E-state index contributed by atoms with van der Waals surface area (Å²) >= 11 is 11.3. The topological polar surface area (TPSA) is 0 Å². The zero-order valence-electron chi connectivity index (χ0n) is 43.8. The summed E-state index contributed by atoms with van der Waals surface area (Å²) in [5.41, 5.74) is 0. The highest BCUT2D eigenvalue weighted by Gasteiger charge is 2.15. The predicted octanol–water partition coefficient (Wildman–Crippen LogP) is 24.6. The van der Waals surface area contributed by atoms with Crippen LogP contribution in [0.15, 0.2) is 182 Å². The fourth-order valence-corrected chi connectivity index (χ4v) is 18.7. The van der Waals surface area contributed by atoms with Crippen molar-refractivity contribution in [3.05, 3.63) is 211 Å². The SMILES string of the molecule is Cc1cc2c(ccc3c2ccc2c4ccc5sc(C)cc5c4ccc32)s1.Cc1cc2cc3ccc4c5cc6sc(C)cc6cc5ccc4c3cc2s1.Cc1cc2ccc3c4ccc5c(ccc6cc(C)sc65)c4ccc3c2s1. The summed E-state index contributed by atoms with van der Waals surface area (Å²) in [4.78, 5) is 8.26. The van der Waals surface area contributed by atoms with Crippen LogP contribution in [0.3, 0.4) is 0 Å². The average Bonchev–Trinajstić information content (AvgIpc) is 4.46. The molecule has 0 saturated heterocycles. The lowest BCUT2D eigenvalue weighted by Crippen LogP contribution is -1.81. The molecule has 0 aliphatic rings. The third kappa shape index (κ3) is 7.38. The standard InChI is InChI=1S/3C24H16S2/c1-13-7-17-9-15-3-5-20-19(21(15)11-23(17)25-13)6-4-16-10-18-8-14(2)26-24(18)12-22(16)20;1-13-11-21-19-5-3-16-15(17(19)7-9-23(21)25-13)4-6-20-18(16)8-10-24-22(20)12-14(2)26-24;1-13-11-15-3-5-19-17-8-10-22-20(6-4-16-12-14(2)26-24(16)22)18(17)7-9-21(19)23(15)25-13/h3*3-12H,1-2H3. The van der Waals surface area contributed by atoms with Crippen molar-refractivity contribution in [2.45, 2.75) is 41.5 Å². The van der Waals surface area contributed by atoms with E-state index in [2.05, 4.69) is 224 Å². The van der Waals surface area contributed by atoms with E-state index in [4.69, 9.17) is 0 Å². The average molecular weight is 1110 g/mol. The largest absolute Gasteiger partial charge is 0.141 e. The van der Waals surface area contributed by atoms with E-state index in [-0.39, 0.29) is 0 Å². The van der Waals surface area contributed by atoms with Gasteiger partial charge in [0.05, 0.1) is 0 Å². The third-order valence-electron chi connectivity index (χ3n) is 16.2. The van der Waals surface area contributed by atoms with Crippen molar-refractivity contribution < 1.29 is 0 Å². The molecule has 78 heavy (non-hydrogen) atoms. The van der Waals surface area contributed by atoms with Gasteiger partial charge in [-0.1, -0.05) is 109 Å². The molecule has 18 rings (SSSR count). The smallest absolute Gasteiger partial charge is 0.0424 e. The Morgan fingerprint density at radius 3 is 0.821 bits per heavy atom. The van der Waals surface area contributed by atoms with Crippen LogP contribution in [0.5, 0.6) is 0 Å². The maximum absolute atomic E-state index is 2.38. The van der Waals surface area contributed by atoms with Crippen molar-refractivity contribution in [2.75, 3.05) is 0 Å². The van der Waals surface area contributed by atoms with Gasteiger partial charge in [0, 0.05) is 79.0 Å². The highest BCUT2D eigenvalue weighted by atomic mass is 32.1. The van der Waals surface area contributed by atoms with Gasteiger partial charge in [-0.3, -0.25) is 0 Å². The second kappa shape index (κ2) is 17.6. The van der Waals surface area contributed by atoms with Crippen molar-refractivity contribution in [3.63, 3.8) is 0 Å². The van der Waals surface area contributed by atoms with Gasteiger partial charge in [-0.25, -0.2) is 0 Å². The van der Waals surface area contributed by atoms with Crippen LogP contribution in [0.25, 0.3) is 157 Å². The molecule has 0 radical (unpaired) electrons. The number of aryl methyl sites for hydroxylation is 6. The molecule has 0 bridgehead atoms. The number of fused-ring (bicyclic) bond motifs is 25. The fourth-order valence-electron chi connectivity index (χ4n) is 12.8. The molecule has 6 heteroatoms. The Balaban J connectivity index is 0.0000000978. The van der Waals surface area contributed by atoms with E-state index in [1.54, 1.807) is 0 Å². The van der Waals surface area contributed by atoms with Crippen LogP contribution in [0.2, 0.25) is 0 Å². The Bertz CT molecular complexity index is 4990. The Hall–Kier alpha value is -7.26. The molecule has 0 spiro atoms. The van der Waals surface area contributed by atoms with Crippen molar-refractivity contribution in [1.82, 2.24) is 0 Å². The monoisotopic (exact) mass is 1100 g/mol. The van der Waals surface area contributed by atoms with Crippen LogP contribution in [-0.4, -0.2) is 0 Å². The van der Waals surface area contributed by atoms with Crippen LogP contribution in [0, 0.1) is 41.5 Å². The molecule has 0 amide bonds. The molecule has 18 aromatic rings. The first kappa shape index (κ1) is 46.8. The quantitative estimate of drug-likeness (QED) is 0.133. The number of thiophene rings is 6. The van der Waals surface area contributed by atoms with E-state index in [9.17, 15) is 0 Å². The van der Waals surface area contributed by atoms with Gasteiger partial charge in [0.2, 0.25) is 0 Å². The van der Waals surface area contributed by atoms with Gasteiger partial charge >= 0.3 is 0 Å². The molecule has 0 aliphatic carbocycles.